The summed E-state index contributed by atoms with van der Waals surface area (Å²) >= 11 is 0. The minimum atomic E-state index is -2.90. The van der Waals surface area contributed by atoms with Gasteiger partial charge in [0.15, 0.2) is 0 Å². The van der Waals surface area contributed by atoms with Gasteiger partial charge in [0, 0.05) is 23.2 Å². The summed E-state index contributed by atoms with van der Waals surface area (Å²) in [6, 6.07) is -1.75. The van der Waals surface area contributed by atoms with E-state index in [4.69, 9.17) is 14.0 Å². The summed E-state index contributed by atoms with van der Waals surface area (Å²) in [6.07, 6.45) is -2.81. The van der Waals surface area contributed by atoms with Crippen LogP contribution in [0.25, 0.3) is 0 Å². The highest BCUT2D eigenvalue weighted by Gasteiger charge is 2.27. The molecule has 1 amide bonds. The van der Waals surface area contributed by atoms with Crippen LogP contribution in [0.3, 0.4) is 0 Å². The summed E-state index contributed by atoms with van der Waals surface area (Å²) in [7, 11) is 0. The van der Waals surface area contributed by atoms with Gasteiger partial charge in [0.1, 0.15) is 5.82 Å². The number of aliphatic hydroxyl groups is 1. The first kappa shape index (κ1) is 10.8. The average Bonchev–Trinajstić information content (AvgIpc) is 2.47. The van der Waals surface area contributed by atoms with Crippen LogP contribution < -0.4 is 16.4 Å². The van der Waals surface area contributed by atoms with Crippen LogP contribution in [0.2, 0.25) is 0 Å². The Morgan fingerprint density at radius 2 is 2.26 bits per heavy atom. The number of anilines is 2. The van der Waals surface area contributed by atoms with E-state index in [1.807, 2.05) is 20.8 Å². The molecule has 2 rings (SSSR count). The summed E-state index contributed by atoms with van der Waals surface area (Å²) in [4.78, 5) is 20.0. The van der Waals surface area contributed by atoms with E-state index in [2.05, 4.69) is 20.6 Å². The van der Waals surface area contributed by atoms with Gasteiger partial charge in [-0.2, -0.15) is 4.98 Å². The molecular weight excluding hydrogens is 294 g/mol. The SMILES string of the molecule is [2H]C1(Nc2nc(NC(C)(C)C)ncc2C(N)=O)CCC([2H])(C([2H])([2H])[2H])C([2H])(O)C1. The fraction of sp³-hybridized carbons (Fsp3) is 0.688. The summed E-state index contributed by atoms with van der Waals surface area (Å²) < 4.78 is 47.4. The molecule has 0 aliphatic heterocycles. The third-order valence-electron chi connectivity index (χ3n) is 3.24. The van der Waals surface area contributed by atoms with Crippen molar-refractivity contribution in [3.63, 3.8) is 0 Å². The van der Waals surface area contributed by atoms with Gasteiger partial charge in [-0.05, 0) is 45.9 Å². The van der Waals surface area contributed by atoms with Gasteiger partial charge in [0.25, 0.3) is 5.91 Å². The van der Waals surface area contributed by atoms with Crippen molar-refractivity contribution in [3.05, 3.63) is 11.8 Å². The molecule has 1 aliphatic carbocycles. The van der Waals surface area contributed by atoms with E-state index >= 15 is 0 Å². The first-order valence-corrected chi connectivity index (χ1v) is 7.35. The Morgan fingerprint density at radius 3 is 2.83 bits per heavy atom. The normalized spacial score (nSPS) is 39.0. The number of nitrogens with zero attached hydrogens (tertiary/aromatic N) is 2. The highest BCUT2D eigenvalue weighted by Crippen LogP contribution is 2.27. The van der Waals surface area contributed by atoms with Crippen LogP contribution >= 0.6 is 0 Å². The largest absolute Gasteiger partial charge is 0.393 e. The van der Waals surface area contributed by atoms with Crippen LogP contribution in [0.4, 0.5) is 11.8 Å². The number of carbonyl (C=O) groups is 1. The van der Waals surface area contributed by atoms with Crippen molar-refractivity contribution in [1.29, 1.82) is 0 Å². The predicted molar refractivity (Wildman–Crippen MR) is 90.4 cm³/mol. The van der Waals surface area contributed by atoms with E-state index in [1.165, 1.54) is 6.20 Å². The van der Waals surface area contributed by atoms with Gasteiger partial charge in [-0.15, -0.1) is 0 Å². The number of hydrogen-bond acceptors (Lipinski definition) is 6. The predicted octanol–water partition coefficient (Wildman–Crippen LogP) is 1.75. The van der Waals surface area contributed by atoms with E-state index in [0.717, 1.165) is 0 Å². The number of rotatable bonds is 4. The number of carbonyl (C=O) groups excluding carboxylic acids is 1. The highest BCUT2D eigenvalue weighted by atomic mass is 16.3. The van der Waals surface area contributed by atoms with Crippen LogP contribution in [0, 0.1) is 5.89 Å². The molecule has 1 aliphatic rings. The second-order valence-corrected chi connectivity index (χ2v) is 6.53. The molecule has 7 nitrogen and oxygen atoms in total. The van der Waals surface area contributed by atoms with Gasteiger partial charge >= 0.3 is 0 Å². The van der Waals surface area contributed by atoms with Crippen LogP contribution in [0.5, 0.6) is 0 Å². The van der Waals surface area contributed by atoms with Crippen molar-refractivity contribution in [2.75, 3.05) is 10.6 Å². The molecular formula is C16H27N5O2. The summed E-state index contributed by atoms with van der Waals surface area (Å²) in [6.45, 7) is 2.73. The zero-order valence-corrected chi connectivity index (χ0v) is 13.5. The van der Waals surface area contributed by atoms with Gasteiger partial charge in [-0.25, -0.2) is 4.98 Å². The van der Waals surface area contributed by atoms with E-state index in [9.17, 15) is 9.90 Å². The number of nitrogens with one attached hydrogen (secondary N) is 2. The lowest BCUT2D eigenvalue weighted by Crippen LogP contribution is -2.36. The summed E-state index contributed by atoms with van der Waals surface area (Å²) in [5, 5.41) is 16.2. The fourth-order valence-electron chi connectivity index (χ4n) is 2.14. The highest BCUT2D eigenvalue weighted by molar-refractivity contribution is 5.97. The van der Waals surface area contributed by atoms with Crippen LogP contribution in [-0.2, 0) is 0 Å². The van der Waals surface area contributed by atoms with Crippen molar-refractivity contribution in [1.82, 2.24) is 9.97 Å². The molecule has 5 N–H and O–H groups in total. The number of amides is 1. The van der Waals surface area contributed by atoms with Crippen molar-refractivity contribution in [2.24, 2.45) is 11.6 Å². The smallest absolute Gasteiger partial charge is 0.254 e. The Morgan fingerprint density at radius 1 is 1.52 bits per heavy atom. The molecule has 0 saturated heterocycles. The maximum atomic E-state index is 11.8. The molecule has 1 fully saturated rings. The van der Waals surface area contributed by atoms with Gasteiger partial charge in [-0.1, -0.05) is 6.85 Å². The topological polar surface area (TPSA) is 113 Å². The van der Waals surface area contributed by atoms with Gasteiger partial charge in [0.2, 0.25) is 5.95 Å². The Labute approximate surface area is 145 Å². The van der Waals surface area contributed by atoms with Crippen molar-refractivity contribution in [3.8, 4) is 0 Å². The molecule has 1 aromatic rings. The average molecular weight is 327 g/mol. The first-order chi connectivity index (χ1) is 12.9. The van der Waals surface area contributed by atoms with Gasteiger partial charge < -0.3 is 21.5 Å². The summed E-state index contributed by atoms with van der Waals surface area (Å²) in [5.41, 5.74) is 4.88. The molecule has 3 atom stereocenters. The zero-order chi connectivity index (χ0) is 22.5. The van der Waals surface area contributed by atoms with Crippen LogP contribution in [-0.4, -0.2) is 38.6 Å². The van der Waals surface area contributed by atoms with Crippen molar-refractivity contribution >= 4 is 17.7 Å². The quantitative estimate of drug-likeness (QED) is 0.670. The summed E-state index contributed by atoms with van der Waals surface area (Å²) in [5.74, 6) is -3.18. The van der Waals surface area contributed by atoms with E-state index < -0.39 is 43.6 Å². The molecule has 0 aromatic carbocycles. The molecule has 0 radical (unpaired) electrons. The zero-order valence-electron chi connectivity index (χ0n) is 19.5. The second kappa shape index (κ2) is 6.70. The molecule has 7 heteroatoms. The van der Waals surface area contributed by atoms with Gasteiger partial charge in [0.05, 0.1) is 14.4 Å². The fourth-order valence-corrected chi connectivity index (χ4v) is 2.14. The molecule has 1 heterocycles. The maximum absolute atomic E-state index is 11.8. The lowest BCUT2D eigenvalue weighted by Gasteiger charge is -2.32. The Kier molecular flexibility index (Phi) is 3.15. The maximum Gasteiger partial charge on any atom is 0.254 e. The monoisotopic (exact) mass is 327 g/mol. The molecule has 0 spiro atoms. The Hall–Kier alpha value is -1.89. The van der Waals surface area contributed by atoms with Crippen LogP contribution in [0.15, 0.2) is 6.20 Å². The minimum absolute atomic E-state index is 0.0728. The molecule has 0 bridgehead atoms. The van der Waals surface area contributed by atoms with Crippen molar-refractivity contribution < 1.29 is 18.1 Å². The molecule has 1 aromatic heterocycles. The molecule has 23 heavy (non-hydrogen) atoms. The lowest BCUT2D eigenvalue weighted by atomic mass is 9.85. The minimum Gasteiger partial charge on any atom is -0.393 e. The standard InChI is InChI=1S/C16H27N5O2/c1-9-5-6-10(7-12(9)22)19-14-11(13(17)23)8-18-15(20-14)21-16(2,3)4/h8-10,12,22H,5-7H2,1-4H3,(H2,17,23)(H2,18,19,20,21)/i1D3,9D,10D,12D. The molecule has 3 unspecified atom stereocenters. The molecule has 128 valence electrons. The molecule has 1 saturated carbocycles. The van der Waals surface area contributed by atoms with Crippen molar-refractivity contribution in [2.45, 2.75) is 64.5 Å². The third kappa shape index (κ3) is 4.79. The Bertz CT molecular complexity index is 797. The number of aromatic nitrogens is 2. The lowest BCUT2D eigenvalue weighted by molar-refractivity contribution is 0.0739. The van der Waals surface area contributed by atoms with Crippen LogP contribution in [0.1, 0.15) is 65.5 Å². The number of nitrogens with two attached hydrogens (primary N) is 1. The number of hydrogen-bond donors (Lipinski definition) is 4. The van der Waals surface area contributed by atoms with E-state index in [0.29, 0.717) is 0 Å². The number of primary amides is 1. The van der Waals surface area contributed by atoms with E-state index in [-0.39, 0.29) is 29.3 Å². The van der Waals surface area contributed by atoms with Gasteiger partial charge in [-0.3, -0.25) is 4.79 Å². The first-order valence-electron chi connectivity index (χ1n) is 10.3. The third-order valence-corrected chi connectivity index (χ3v) is 3.24. The Balaban J connectivity index is 2.38. The second-order valence-electron chi connectivity index (χ2n) is 6.53. The van der Waals surface area contributed by atoms with E-state index in [1.54, 1.807) is 0 Å².